The van der Waals surface area contributed by atoms with E-state index in [-0.39, 0.29) is 12.3 Å². The molecule has 3 fully saturated rings. The van der Waals surface area contributed by atoms with Crippen LogP contribution in [0.1, 0.15) is 70.8 Å². The molecular formula is C25H41N3O. The number of aliphatic hydroxyl groups is 1. The first kappa shape index (κ1) is 21.1. The number of piperazine rings is 1. The molecule has 0 bridgehead atoms. The van der Waals surface area contributed by atoms with Gasteiger partial charge in [0.2, 0.25) is 0 Å². The summed E-state index contributed by atoms with van der Waals surface area (Å²) in [4.78, 5) is 5.11. The maximum atomic E-state index is 10.3. The zero-order chi connectivity index (χ0) is 20.4. The van der Waals surface area contributed by atoms with Gasteiger partial charge in [0, 0.05) is 37.9 Å². The largest absolute Gasteiger partial charge is 0.377 e. The van der Waals surface area contributed by atoms with Gasteiger partial charge in [0.25, 0.3) is 0 Å². The van der Waals surface area contributed by atoms with Crippen molar-refractivity contribution in [2.75, 3.05) is 37.6 Å². The number of nitrogens with one attached hydrogen (secondary N) is 1. The zero-order valence-corrected chi connectivity index (χ0v) is 18.7. The highest BCUT2D eigenvalue weighted by atomic mass is 16.3. The summed E-state index contributed by atoms with van der Waals surface area (Å²) in [5, 5.41) is 13.6. The Kier molecular flexibility index (Phi) is 6.53. The maximum Gasteiger partial charge on any atom is 0.120 e. The Morgan fingerprint density at radius 2 is 1.62 bits per heavy atom. The molecule has 0 aromatic heterocycles. The summed E-state index contributed by atoms with van der Waals surface area (Å²) < 4.78 is 0. The van der Waals surface area contributed by atoms with Gasteiger partial charge in [0.05, 0.1) is 0 Å². The molecule has 2 saturated heterocycles. The number of nitrogens with zero attached hydrogens (tertiary/aromatic N) is 2. The summed E-state index contributed by atoms with van der Waals surface area (Å²) in [6.45, 7) is 12.4. The van der Waals surface area contributed by atoms with E-state index in [4.69, 9.17) is 0 Å². The van der Waals surface area contributed by atoms with E-state index in [2.05, 4.69) is 60.2 Å². The van der Waals surface area contributed by atoms with Crippen molar-refractivity contribution in [1.82, 2.24) is 10.2 Å². The predicted molar refractivity (Wildman–Crippen MR) is 121 cm³/mol. The van der Waals surface area contributed by atoms with Crippen LogP contribution >= 0.6 is 0 Å². The second-order valence-electron chi connectivity index (χ2n) is 10.6. The molecule has 0 spiro atoms. The van der Waals surface area contributed by atoms with E-state index in [9.17, 15) is 5.11 Å². The Labute approximate surface area is 177 Å². The maximum absolute atomic E-state index is 10.3. The third-order valence-electron chi connectivity index (χ3n) is 7.85. The lowest BCUT2D eigenvalue weighted by atomic mass is 9.68. The Morgan fingerprint density at radius 3 is 2.28 bits per heavy atom. The lowest BCUT2D eigenvalue weighted by Gasteiger charge is -2.44. The molecular weight excluding hydrogens is 358 g/mol. The molecule has 3 aliphatic rings. The quantitative estimate of drug-likeness (QED) is 0.799. The van der Waals surface area contributed by atoms with Gasteiger partial charge in [0.15, 0.2) is 0 Å². The first-order valence-corrected chi connectivity index (χ1v) is 11.9. The summed E-state index contributed by atoms with van der Waals surface area (Å²) in [5.74, 6) is 1.58. The monoisotopic (exact) mass is 399 g/mol. The van der Waals surface area contributed by atoms with Gasteiger partial charge >= 0.3 is 0 Å². The lowest BCUT2D eigenvalue weighted by molar-refractivity contribution is 0.00298. The highest BCUT2D eigenvalue weighted by Gasteiger charge is 2.33. The molecule has 0 radical (unpaired) electrons. The van der Waals surface area contributed by atoms with E-state index in [0.717, 1.165) is 45.1 Å². The molecule has 1 aromatic rings. The summed E-state index contributed by atoms with van der Waals surface area (Å²) in [6, 6.07) is 9.46. The number of benzene rings is 1. The van der Waals surface area contributed by atoms with Gasteiger partial charge < -0.3 is 10.0 Å². The average Bonchev–Trinajstić information content (AvgIpc) is 2.74. The van der Waals surface area contributed by atoms with Gasteiger partial charge in [0.1, 0.15) is 6.23 Å². The van der Waals surface area contributed by atoms with Crippen molar-refractivity contribution in [3.8, 4) is 0 Å². The molecule has 1 aromatic carbocycles. The number of rotatable bonds is 3. The molecule has 0 amide bonds. The highest BCUT2D eigenvalue weighted by Crippen LogP contribution is 2.45. The first-order chi connectivity index (χ1) is 13.9. The Balaban J connectivity index is 1.39. The second kappa shape index (κ2) is 8.95. The lowest BCUT2D eigenvalue weighted by Crippen LogP contribution is -2.58. The van der Waals surface area contributed by atoms with E-state index < -0.39 is 0 Å². The molecule has 4 nitrogen and oxygen atoms in total. The third kappa shape index (κ3) is 4.81. The average molecular weight is 400 g/mol. The molecule has 2 atom stereocenters. The van der Waals surface area contributed by atoms with Crippen LogP contribution in [0.15, 0.2) is 24.3 Å². The van der Waals surface area contributed by atoms with E-state index in [0.29, 0.717) is 11.3 Å². The minimum absolute atomic E-state index is 0.286. The molecule has 1 aliphatic carbocycles. The fourth-order valence-corrected chi connectivity index (χ4v) is 5.92. The van der Waals surface area contributed by atoms with Crippen molar-refractivity contribution in [1.29, 1.82) is 0 Å². The second-order valence-corrected chi connectivity index (χ2v) is 10.6. The van der Waals surface area contributed by atoms with Gasteiger partial charge in [-0.3, -0.25) is 10.2 Å². The summed E-state index contributed by atoms with van der Waals surface area (Å²) in [5.41, 5.74) is 3.49. The van der Waals surface area contributed by atoms with Gasteiger partial charge in [-0.2, -0.15) is 0 Å². The molecule has 29 heavy (non-hydrogen) atoms. The molecule has 2 unspecified atom stereocenters. The van der Waals surface area contributed by atoms with Crippen LogP contribution in [-0.2, 0) is 0 Å². The fourth-order valence-electron chi connectivity index (χ4n) is 5.92. The van der Waals surface area contributed by atoms with Crippen molar-refractivity contribution >= 4 is 5.69 Å². The van der Waals surface area contributed by atoms with E-state index in [1.807, 2.05) is 0 Å². The number of para-hydroxylation sites is 1. The van der Waals surface area contributed by atoms with Gasteiger partial charge in [-0.25, -0.2) is 0 Å². The smallest absolute Gasteiger partial charge is 0.120 e. The van der Waals surface area contributed by atoms with E-state index in [1.165, 1.54) is 37.8 Å². The number of hydrogen-bond donors (Lipinski definition) is 2. The van der Waals surface area contributed by atoms with Crippen molar-refractivity contribution in [2.24, 2.45) is 11.3 Å². The normalized spacial score (nSPS) is 32.3. The van der Waals surface area contributed by atoms with Gasteiger partial charge in [-0.15, -0.1) is 0 Å². The molecule has 1 saturated carbocycles. The van der Waals surface area contributed by atoms with Crippen molar-refractivity contribution in [3.63, 3.8) is 0 Å². The highest BCUT2D eigenvalue weighted by molar-refractivity contribution is 5.55. The van der Waals surface area contributed by atoms with Crippen molar-refractivity contribution < 1.29 is 5.11 Å². The molecule has 4 rings (SSSR count). The standard InChI is InChI=1S/C25H41N3O/c1-25(2,3)20-12-10-19(11-13-20)21-7-4-5-8-22(21)27-15-17-28(18-16-27)23-9-6-14-26-24(23)29/h4-5,7-8,19-20,23-24,26,29H,6,9-18H2,1-3H3. The van der Waals surface area contributed by atoms with Crippen molar-refractivity contribution in [2.45, 2.75) is 77.5 Å². The van der Waals surface area contributed by atoms with Crippen LogP contribution in [0.5, 0.6) is 0 Å². The summed E-state index contributed by atoms with van der Waals surface area (Å²) in [6.07, 6.45) is 7.31. The van der Waals surface area contributed by atoms with Crippen molar-refractivity contribution in [3.05, 3.63) is 29.8 Å². The molecule has 162 valence electrons. The van der Waals surface area contributed by atoms with Crippen LogP contribution in [0.3, 0.4) is 0 Å². The zero-order valence-electron chi connectivity index (χ0n) is 18.7. The minimum Gasteiger partial charge on any atom is -0.377 e. The fraction of sp³-hybridized carbons (Fsp3) is 0.760. The topological polar surface area (TPSA) is 38.7 Å². The van der Waals surface area contributed by atoms with E-state index >= 15 is 0 Å². The minimum atomic E-state index is -0.361. The van der Waals surface area contributed by atoms with Crippen LogP contribution in [0.4, 0.5) is 5.69 Å². The third-order valence-corrected chi connectivity index (χ3v) is 7.85. The number of aliphatic hydroxyl groups excluding tert-OH is 1. The number of piperidine rings is 1. The Hall–Kier alpha value is -1.10. The Morgan fingerprint density at radius 1 is 0.931 bits per heavy atom. The van der Waals surface area contributed by atoms with Gasteiger partial charge in [-0.1, -0.05) is 39.0 Å². The van der Waals surface area contributed by atoms with Crippen LogP contribution in [0.2, 0.25) is 0 Å². The molecule has 4 heteroatoms. The van der Waals surface area contributed by atoms with E-state index in [1.54, 1.807) is 5.56 Å². The summed E-state index contributed by atoms with van der Waals surface area (Å²) in [7, 11) is 0. The van der Waals surface area contributed by atoms with Crippen LogP contribution < -0.4 is 10.2 Å². The molecule has 2 N–H and O–H groups in total. The van der Waals surface area contributed by atoms with Crippen LogP contribution in [0.25, 0.3) is 0 Å². The predicted octanol–water partition coefficient (Wildman–Crippen LogP) is 4.20. The SMILES string of the molecule is CC(C)(C)C1CCC(c2ccccc2N2CCN(C3CCCNC3O)CC2)CC1. The Bertz CT molecular complexity index is 654. The van der Waals surface area contributed by atoms with Gasteiger partial charge in [-0.05, 0) is 74.0 Å². The summed E-state index contributed by atoms with van der Waals surface area (Å²) >= 11 is 0. The molecule has 2 heterocycles. The van der Waals surface area contributed by atoms with Crippen LogP contribution in [0, 0.1) is 11.3 Å². The number of anilines is 1. The molecule has 2 aliphatic heterocycles. The number of hydrogen-bond acceptors (Lipinski definition) is 4. The van der Waals surface area contributed by atoms with Crippen LogP contribution in [-0.4, -0.2) is 55.0 Å². The first-order valence-electron chi connectivity index (χ1n) is 11.9.